The molecule has 0 unspecified atom stereocenters. The van der Waals surface area contributed by atoms with Crippen molar-refractivity contribution in [1.82, 2.24) is 4.98 Å². The predicted molar refractivity (Wildman–Crippen MR) is 87.1 cm³/mol. The Bertz CT molecular complexity index is 659. The first-order valence-corrected chi connectivity index (χ1v) is 8.27. The molecule has 1 fully saturated rings. The molecule has 5 nitrogen and oxygen atoms in total. The van der Waals surface area contributed by atoms with E-state index in [9.17, 15) is 9.59 Å². The van der Waals surface area contributed by atoms with Crippen molar-refractivity contribution in [3.63, 3.8) is 0 Å². The second-order valence-electron chi connectivity index (χ2n) is 6.11. The van der Waals surface area contributed by atoms with E-state index in [1.807, 2.05) is 0 Å². The van der Waals surface area contributed by atoms with Gasteiger partial charge in [-0.3, -0.25) is 4.79 Å². The van der Waals surface area contributed by atoms with Gasteiger partial charge in [0.1, 0.15) is 11.4 Å². The maximum Gasteiger partial charge on any atom is 0.335 e. The van der Waals surface area contributed by atoms with Gasteiger partial charge in [0, 0.05) is 11.8 Å². The highest BCUT2D eigenvalue weighted by Crippen LogP contribution is 2.43. The van der Waals surface area contributed by atoms with Crippen molar-refractivity contribution in [3.8, 4) is 0 Å². The number of carbonyl (C=O) groups excluding carboxylic acids is 2. The Hall–Kier alpha value is -1.88. The van der Waals surface area contributed by atoms with Crippen LogP contribution < -0.4 is 5.32 Å². The van der Waals surface area contributed by atoms with Gasteiger partial charge < -0.3 is 10.1 Å². The van der Waals surface area contributed by atoms with Gasteiger partial charge in [0.15, 0.2) is 0 Å². The largest absolute Gasteiger partial charge is 0.451 e. The molecule has 1 aliphatic carbocycles. The molecule has 23 heavy (non-hydrogen) atoms. The average Bonchev–Trinajstić information content (AvgIpc) is 2.67. The van der Waals surface area contributed by atoms with Gasteiger partial charge in [-0.2, -0.15) is 0 Å². The number of aromatic nitrogens is 1. The summed E-state index contributed by atoms with van der Waals surface area (Å²) in [7, 11) is 0. The Labute approximate surface area is 140 Å². The standard InChI is InChI=1S/C17H19ClN2O3/c1-11-14(15(21)20-13-7-6-12(18)10-19-13)17(23-16(11)22)8-4-2-3-5-9-17/h6-7,10H,2-5,8-9H2,1H3,(H,19,20,21). The van der Waals surface area contributed by atoms with Crippen LogP contribution in [0.1, 0.15) is 45.4 Å². The van der Waals surface area contributed by atoms with Crippen LogP contribution in [0.2, 0.25) is 5.02 Å². The van der Waals surface area contributed by atoms with Gasteiger partial charge >= 0.3 is 5.97 Å². The number of nitrogens with one attached hydrogen (secondary N) is 1. The molecule has 0 bridgehead atoms. The maximum atomic E-state index is 12.8. The van der Waals surface area contributed by atoms with Crippen molar-refractivity contribution in [2.75, 3.05) is 5.32 Å². The van der Waals surface area contributed by atoms with Crippen molar-refractivity contribution >= 4 is 29.3 Å². The first-order chi connectivity index (χ1) is 11.0. The number of pyridine rings is 1. The lowest BCUT2D eigenvalue weighted by molar-refractivity contribution is -0.148. The SMILES string of the molecule is CC1=C(C(=O)Nc2ccc(Cl)cn2)C2(CCCCCC2)OC1=O. The molecule has 1 N–H and O–H groups in total. The number of anilines is 1. The Balaban J connectivity index is 1.88. The van der Waals surface area contributed by atoms with Crippen LogP contribution in [-0.4, -0.2) is 22.5 Å². The van der Waals surface area contributed by atoms with Crippen LogP contribution in [0.4, 0.5) is 5.82 Å². The maximum absolute atomic E-state index is 12.8. The van der Waals surface area contributed by atoms with Gasteiger partial charge in [-0.25, -0.2) is 9.78 Å². The number of hydrogen-bond acceptors (Lipinski definition) is 4. The molecular weight excluding hydrogens is 316 g/mol. The third-order valence-electron chi connectivity index (χ3n) is 4.53. The van der Waals surface area contributed by atoms with Crippen LogP contribution in [-0.2, 0) is 14.3 Å². The van der Waals surface area contributed by atoms with Crippen LogP contribution >= 0.6 is 11.6 Å². The van der Waals surface area contributed by atoms with E-state index in [0.717, 1.165) is 25.7 Å². The van der Waals surface area contributed by atoms with Crippen LogP contribution in [0.15, 0.2) is 29.5 Å². The minimum absolute atomic E-state index is 0.315. The molecule has 2 heterocycles. The van der Waals surface area contributed by atoms with Gasteiger partial charge in [0.05, 0.1) is 10.6 Å². The number of esters is 1. The summed E-state index contributed by atoms with van der Waals surface area (Å²) in [6.45, 7) is 1.66. The van der Waals surface area contributed by atoms with E-state index in [-0.39, 0.29) is 11.9 Å². The lowest BCUT2D eigenvalue weighted by Crippen LogP contribution is -2.37. The molecule has 0 saturated heterocycles. The fourth-order valence-electron chi connectivity index (χ4n) is 3.41. The Morgan fingerprint density at radius 2 is 1.96 bits per heavy atom. The number of carbonyl (C=O) groups is 2. The highest BCUT2D eigenvalue weighted by atomic mass is 35.5. The quantitative estimate of drug-likeness (QED) is 0.838. The number of amides is 1. The highest BCUT2D eigenvalue weighted by Gasteiger charge is 2.49. The second kappa shape index (κ2) is 6.32. The van der Waals surface area contributed by atoms with E-state index in [1.165, 1.54) is 6.20 Å². The molecule has 1 aliphatic heterocycles. The van der Waals surface area contributed by atoms with E-state index < -0.39 is 5.60 Å². The first-order valence-electron chi connectivity index (χ1n) is 7.89. The average molecular weight is 335 g/mol. The number of nitrogens with zero attached hydrogens (tertiary/aromatic N) is 1. The molecule has 1 spiro atoms. The molecule has 122 valence electrons. The fraction of sp³-hybridized carbons (Fsp3) is 0.471. The van der Waals surface area contributed by atoms with Crippen molar-refractivity contribution in [3.05, 3.63) is 34.5 Å². The van der Waals surface area contributed by atoms with Gasteiger partial charge in [-0.1, -0.05) is 24.4 Å². The lowest BCUT2D eigenvalue weighted by Gasteiger charge is -2.29. The third-order valence-corrected chi connectivity index (χ3v) is 4.76. The highest BCUT2D eigenvalue weighted by molar-refractivity contribution is 6.30. The number of halogens is 1. The van der Waals surface area contributed by atoms with Gasteiger partial charge in [-0.05, 0) is 44.7 Å². The summed E-state index contributed by atoms with van der Waals surface area (Å²) in [5, 5.41) is 3.25. The summed E-state index contributed by atoms with van der Waals surface area (Å²) in [6, 6.07) is 3.29. The van der Waals surface area contributed by atoms with Crippen molar-refractivity contribution in [2.45, 2.75) is 51.0 Å². The van der Waals surface area contributed by atoms with Gasteiger partial charge in [0.2, 0.25) is 0 Å². The molecular formula is C17H19ClN2O3. The van der Waals surface area contributed by atoms with E-state index in [1.54, 1.807) is 19.1 Å². The third kappa shape index (κ3) is 3.11. The normalized spacial score (nSPS) is 20.3. The number of ether oxygens (including phenoxy) is 1. The Morgan fingerprint density at radius 1 is 1.26 bits per heavy atom. The van der Waals surface area contributed by atoms with Crippen molar-refractivity contribution < 1.29 is 14.3 Å². The molecule has 0 aromatic carbocycles. The van der Waals surface area contributed by atoms with E-state index >= 15 is 0 Å². The summed E-state index contributed by atoms with van der Waals surface area (Å²) in [5.74, 6) is -0.297. The molecule has 1 aromatic heterocycles. The monoisotopic (exact) mass is 334 g/mol. The summed E-state index contributed by atoms with van der Waals surface area (Å²) in [5.41, 5.74) is 0.0910. The summed E-state index contributed by atoms with van der Waals surface area (Å²) in [6.07, 6.45) is 6.99. The van der Waals surface area contributed by atoms with Crippen LogP contribution in [0, 0.1) is 0 Å². The van der Waals surface area contributed by atoms with Gasteiger partial charge in [0.25, 0.3) is 5.91 Å². The molecule has 1 amide bonds. The Morgan fingerprint density at radius 3 is 2.57 bits per heavy atom. The van der Waals surface area contributed by atoms with E-state index in [0.29, 0.717) is 34.8 Å². The predicted octanol–water partition coefficient (Wildman–Crippen LogP) is 3.64. The lowest BCUT2D eigenvalue weighted by atomic mass is 9.84. The minimum Gasteiger partial charge on any atom is -0.451 e. The zero-order valence-electron chi connectivity index (χ0n) is 13.0. The topological polar surface area (TPSA) is 68.3 Å². The van der Waals surface area contributed by atoms with Crippen LogP contribution in [0.25, 0.3) is 0 Å². The van der Waals surface area contributed by atoms with Gasteiger partial charge in [-0.15, -0.1) is 0 Å². The van der Waals surface area contributed by atoms with Crippen LogP contribution in [0.5, 0.6) is 0 Å². The molecule has 2 aliphatic rings. The van der Waals surface area contributed by atoms with E-state index in [2.05, 4.69) is 10.3 Å². The number of hydrogen-bond donors (Lipinski definition) is 1. The zero-order chi connectivity index (χ0) is 16.4. The summed E-state index contributed by atoms with van der Waals surface area (Å²) >= 11 is 5.80. The second-order valence-corrected chi connectivity index (χ2v) is 6.55. The molecule has 3 rings (SSSR count). The van der Waals surface area contributed by atoms with Crippen molar-refractivity contribution in [2.24, 2.45) is 0 Å². The fourth-order valence-corrected chi connectivity index (χ4v) is 3.52. The summed E-state index contributed by atoms with van der Waals surface area (Å²) in [4.78, 5) is 28.9. The minimum atomic E-state index is -0.770. The summed E-state index contributed by atoms with van der Waals surface area (Å²) < 4.78 is 5.66. The van der Waals surface area contributed by atoms with Crippen molar-refractivity contribution in [1.29, 1.82) is 0 Å². The zero-order valence-corrected chi connectivity index (χ0v) is 13.8. The van der Waals surface area contributed by atoms with E-state index in [4.69, 9.17) is 16.3 Å². The smallest absolute Gasteiger partial charge is 0.335 e. The molecule has 1 aromatic rings. The first kappa shape index (κ1) is 16.0. The number of rotatable bonds is 2. The molecule has 0 atom stereocenters. The molecule has 1 saturated carbocycles. The molecule has 0 radical (unpaired) electrons. The molecule has 6 heteroatoms. The van der Waals surface area contributed by atoms with Crippen LogP contribution in [0.3, 0.4) is 0 Å². The Kier molecular flexibility index (Phi) is 4.39.